The maximum atomic E-state index is 14.4. The molecule has 4 rings (SSSR count). The van der Waals surface area contributed by atoms with Gasteiger partial charge in [0.15, 0.2) is 5.78 Å². The van der Waals surface area contributed by atoms with Crippen molar-refractivity contribution in [3.63, 3.8) is 0 Å². The predicted octanol–water partition coefficient (Wildman–Crippen LogP) is 5.69. The number of hydrogen-bond donors (Lipinski definition) is 6. The van der Waals surface area contributed by atoms with Gasteiger partial charge in [-0.3, -0.25) is 43.3 Å². The number of ketones is 1. The van der Waals surface area contributed by atoms with Gasteiger partial charge in [-0.25, -0.2) is 13.1 Å². The second-order valence-corrected chi connectivity index (χ2v) is 24.5. The minimum atomic E-state index is -4.22. The molecule has 18 nitrogen and oxygen atoms in total. The topological polar surface area (TPSA) is 263 Å². The number of unbranched alkanes of at least 4 members (excludes halogenated alkanes) is 3. The molecule has 0 saturated carbocycles. The smallest absolute Gasteiger partial charge is 0.260 e. The molecule has 7 N–H and O–H groups in total. The van der Waals surface area contributed by atoms with E-state index in [1.807, 2.05) is 109 Å². The number of sulfonamides is 1. The van der Waals surface area contributed by atoms with E-state index < -0.39 is 62.6 Å². The number of Topliss-reactive ketones (excluding diaryl/α,β-unsaturated/α-hetero) is 1. The minimum Gasteiger partial charge on any atom is -0.352 e. The van der Waals surface area contributed by atoms with E-state index in [2.05, 4.69) is 26.0 Å². The Kier molecular flexibility index (Phi) is 25.2. The van der Waals surface area contributed by atoms with Crippen LogP contribution < -0.4 is 31.7 Å². The summed E-state index contributed by atoms with van der Waals surface area (Å²) in [5, 5.41) is 12.0. The van der Waals surface area contributed by atoms with Crippen LogP contribution in [0.2, 0.25) is 0 Å². The summed E-state index contributed by atoms with van der Waals surface area (Å²) in [4.78, 5) is 109. The summed E-state index contributed by atoms with van der Waals surface area (Å²) in [6, 6.07) is 22.2. The molecule has 1 aliphatic heterocycles. The van der Waals surface area contributed by atoms with E-state index in [4.69, 9.17) is 5.73 Å². The van der Waals surface area contributed by atoms with Crippen LogP contribution in [-0.2, 0) is 72.5 Å². The van der Waals surface area contributed by atoms with Crippen molar-refractivity contribution in [1.29, 1.82) is 0 Å². The fourth-order valence-corrected chi connectivity index (χ4v) is 10.9. The molecule has 80 heavy (non-hydrogen) atoms. The Labute approximate surface area is 474 Å². The highest BCUT2D eigenvalue weighted by molar-refractivity contribution is 7.89. The van der Waals surface area contributed by atoms with Crippen molar-refractivity contribution in [3.8, 4) is 0 Å². The van der Waals surface area contributed by atoms with Gasteiger partial charge in [0, 0.05) is 62.0 Å². The monoisotopic (exact) mass is 1120 g/mol. The average Bonchev–Trinajstić information content (AvgIpc) is 3.79. The van der Waals surface area contributed by atoms with Crippen LogP contribution in [0.3, 0.4) is 0 Å². The molecular weight excluding hydrogens is 1040 g/mol. The first-order valence-corrected chi connectivity index (χ1v) is 29.3. The van der Waals surface area contributed by atoms with Gasteiger partial charge in [-0.1, -0.05) is 152 Å². The quantitative estimate of drug-likeness (QED) is 0.0250. The molecule has 7 amide bonds. The minimum absolute atomic E-state index is 0.0726. The van der Waals surface area contributed by atoms with Crippen LogP contribution in [0.4, 0.5) is 0 Å². The lowest BCUT2D eigenvalue weighted by atomic mass is 9.76. The van der Waals surface area contributed by atoms with Crippen LogP contribution in [0.25, 0.3) is 0 Å². The summed E-state index contributed by atoms with van der Waals surface area (Å²) in [5.41, 5.74) is 7.31. The average molecular weight is 1120 g/mol. The predicted molar refractivity (Wildman–Crippen MR) is 310 cm³/mol. The van der Waals surface area contributed by atoms with Gasteiger partial charge in [0.05, 0.1) is 23.9 Å². The third-order valence-electron chi connectivity index (χ3n) is 14.6. The highest BCUT2D eigenvalue weighted by atomic mass is 32.2. The molecule has 0 fully saturated rings. The zero-order chi connectivity index (χ0) is 59.4. The SMILES string of the molecule is CN[C@H](C(=O)N[C@H](C(=O)N(C)[C@H](/C=C(\C)C(=O)NS(=O)(=O)Cc1ccc(CNC(=O)[C@H](CCCCN)CC(=O)[C@H](Cc2ccccc2)NC(=O)CCCCCN2C(=O)C=CC2=O)cc1)C(C)C)C(C)(C)C)C(C)(C)c1ccccc1. The first-order valence-electron chi connectivity index (χ1n) is 27.7. The normalized spacial score (nSPS) is 14.9. The molecule has 19 heteroatoms. The number of likely N-dealkylation sites (N-methyl/N-ethyl adjacent to an activating group) is 2. The number of nitrogens with one attached hydrogen (secondary N) is 5. The van der Waals surface area contributed by atoms with Crippen LogP contribution in [0.1, 0.15) is 129 Å². The summed E-state index contributed by atoms with van der Waals surface area (Å²) in [5.74, 6) is -4.75. The van der Waals surface area contributed by atoms with E-state index in [0.717, 1.165) is 16.0 Å². The standard InChI is InChI=1S/C61H86N8O10S/c1-41(2)49(68(10)59(77)55(60(4,5)6)66-58(76)54(63-9)61(7,8)47-25-16-12-17-26-47)36-42(3)56(74)67-80(78,79)40-45-30-28-44(29-31-45)39-64-57(75)46(24-19-20-34-62)38-50(70)48(37-43-22-14-11-15-23-43)65-51(71)27-18-13-21-35-69-52(72)32-33-53(69)73/h11-12,14-17,22-23,25-26,28-33,36,41,46,48-49,54-55,63H,13,18-21,24,27,34-35,37-40,62H2,1-10H3,(H,64,75)(H,65,71)(H,66,76)(H,67,74)/b42-36+/t46-,48+,49-,54-,55-/m1/s1. The Bertz CT molecular complexity index is 2760. The molecule has 0 radical (unpaired) electrons. The molecule has 0 spiro atoms. The number of imide groups is 1. The van der Waals surface area contributed by atoms with E-state index in [0.29, 0.717) is 56.2 Å². The van der Waals surface area contributed by atoms with Crippen molar-refractivity contribution >= 4 is 57.2 Å². The first kappa shape index (κ1) is 65.7. The van der Waals surface area contributed by atoms with E-state index >= 15 is 0 Å². The van der Waals surface area contributed by atoms with E-state index in [1.165, 1.54) is 24.0 Å². The van der Waals surface area contributed by atoms with Gasteiger partial charge in [-0.05, 0) is 86.2 Å². The van der Waals surface area contributed by atoms with Crippen molar-refractivity contribution in [3.05, 3.63) is 131 Å². The molecule has 3 aromatic carbocycles. The van der Waals surface area contributed by atoms with Gasteiger partial charge in [-0.15, -0.1) is 0 Å². The molecule has 0 unspecified atom stereocenters. The van der Waals surface area contributed by atoms with Crippen LogP contribution in [0.15, 0.2) is 109 Å². The second-order valence-electron chi connectivity index (χ2n) is 22.8. The highest BCUT2D eigenvalue weighted by Crippen LogP contribution is 2.29. The number of carbonyl (C=O) groups excluding carboxylic acids is 8. The van der Waals surface area contributed by atoms with Crippen molar-refractivity contribution in [1.82, 2.24) is 35.8 Å². The fourth-order valence-electron chi connectivity index (χ4n) is 9.72. The van der Waals surface area contributed by atoms with Crippen molar-refractivity contribution in [2.45, 2.75) is 155 Å². The first-order chi connectivity index (χ1) is 37.7. The maximum Gasteiger partial charge on any atom is 0.260 e. The van der Waals surface area contributed by atoms with Gasteiger partial charge in [0.2, 0.25) is 33.7 Å². The molecule has 5 atom stereocenters. The van der Waals surface area contributed by atoms with Crippen molar-refractivity contribution < 1.29 is 46.8 Å². The highest BCUT2D eigenvalue weighted by Gasteiger charge is 2.42. The van der Waals surface area contributed by atoms with E-state index in [9.17, 15) is 46.8 Å². The second kappa shape index (κ2) is 30.7. The molecule has 3 aromatic rings. The molecule has 1 heterocycles. The molecule has 0 aliphatic carbocycles. The van der Waals surface area contributed by atoms with Gasteiger partial charge >= 0.3 is 0 Å². The Morgan fingerprint density at radius 3 is 1.91 bits per heavy atom. The number of carbonyl (C=O) groups is 8. The third kappa shape index (κ3) is 20.1. The van der Waals surface area contributed by atoms with Gasteiger partial charge in [0.1, 0.15) is 6.04 Å². The number of nitrogens with two attached hydrogens (primary N) is 1. The number of hydrogen-bond acceptors (Lipinski definition) is 12. The molecule has 436 valence electrons. The Hall–Kier alpha value is -6.83. The van der Waals surface area contributed by atoms with Crippen LogP contribution >= 0.6 is 0 Å². The fraction of sp³-hybridized carbons (Fsp3) is 0.508. The number of benzene rings is 3. The van der Waals surface area contributed by atoms with Crippen LogP contribution in [0.5, 0.6) is 0 Å². The van der Waals surface area contributed by atoms with Gasteiger partial charge in [0.25, 0.3) is 17.7 Å². The van der Waals surface area contributed by atoms with Crippen molar-refractivity contribution in [2.24, 2.45) is 23.0 Å². The lowest BCUT2D eigenvalue weighted by molar-refractivity contribution is -0.141. The number of amides is 7. The van der Waals surface area contributed by atoms with E-state index in [1.54, 1.807) is 44.4 Å². The molecule has 0 aromatic heterocycles. The maximum absolute atomic E-state index is 14.4. The van der Waals surface area contributed by atoms with Crippen molar-refractivity contribution in [2.75, 3.05) is 27.2 Å². The summed E-state index contributed by atoms with van der Waals surface area (Å²) in [6.07, 6.45) is 7.48. The lowest BCUT2D eigenvalue weighted by Gasteiger charge is -2.40. The zero-order valence-corrected chi connectivity index (χ0v) is 49.3. The zero-order valence-electron chi connectivity index (χ0n) is 48.4. The largest absolute Gasteiger partial charge is 0.352 e. The Balaban J connectivity index is 1.36. The van der Waals surface area contributed by atoms with E-state index in [-0.39, 0.29) is 85.1 Å². The van der Waals surface area contributed by atoms with Crippen LogP contribution in [-0.4, -0.2) is 117 Å². The van der Waals surface area contributed by atoms with Gasteiger partial charge in [-0.2, -0.15) is 0 Å². The summed E-state index contributed by atoms with van der Waals surface area (Å²) < 4.78 is 29.0. The molecule has 1 aliphatic rings. The van der Waals surface area contributed by atoms with Gasteiger partial charge < -0.3 is 31.9 Å². The molecular formula is C61H86N8O10S. The Morgan fingerprint density at radius 1 is 0.738 bits per heavy atom. The molecule has 0 bridgehead atoms. The summed E-state index contributed by atoms with van der Waals surface area (Å²) in [6.45, 7) is 15.5. The third-order valence-corrected chi connectivity index (χ3v) is 15.8. The van der Waals surface area contributed by atoms with Crippen LogP contribution in [0, 0.1) is 17.3 Å². The summed E-state index contributed by atoms with van der Waals surface area (Å²) >= 11 is 0. The summed E-state index contributed by atoms with van der Waals surface area (Å²) in [7, 11) is -0.912. The Morgan fingerprint density at radius 2 is 1.34 bits per heavy atom. The number of rotatable bonds is 32. The molecule has 0 saturated heterocycles. The number of nitrogens with zero attached hydrogens (tertiary/aromatic N) is 2. The lowest BCUT2D eigenvalue weighted by Crippen LogP contribution is -2.61.